The number of nitrogens with zero attached hydrogens (tertiary/aromatic N) is 4. The maximum Gasteiger partial charge on any atom is 0.244 e. The lowest BCUT2D eigenvalue weighted by molar-refractivity contribution is -0.121. The maximum atomic E-state index is 14.0. The molecular formula is C29H25ClN4O5S. The second kappa shape index (κ2) is 11.6. The highest BCUT2D eigenvalue weighted by Gasteiger charge is 2.39. The van der Waals surface area contributed by atoms with Crippen molar-refractivity contribution in [3.63, 3.8) is 0 Å². The number of pyridine rings is 1. The van der Waals surface area contributed by atoms with E-state index in [9.17, 15) is 18.0 Å². The molecule has 0 N–H and O–H groups in total. The van der Waals surface area contributed by atoms with Gasteiger partial charge in [0.05, 0.1) is 36.9 Å². The summed E-state index contributed by atoms with van der Waals surface area (Å²) < 4.78 is 34.3. The number of Topliss-reactive ketones (excluding diaryl/α,β-unsaturated/α-hetero) is 2. The minimum atomic E-state index is -4.15. The lowest BCUT2D eigenvalue weighted by Gasteiger charge is -2.28. The molecule has 5 rings (SSSR count). The van der Waals surface area contributed by atoms with Crippen LogP contribution in [-0.2, 0) is 40.6 Å². The Morgan fingerprint density at radius 3 is 2.45 bits per heavy atom. The molecule has 0 saturated heterocycles. The molecule has 4 aromatic rings. The number of methoxy groups -OCH3 is 1. The fraction of sp³-hybridized carbons (Fsp3) is 0.207. The molecule has 0 unspecified atom stereocenters. The van der Waals surface area contributed by atoms with Crippen LogP contribution < -0.4 is 4.74 Å². The first-order chi connectivity index (χ1) is 19.2. The first-order valence-corrected chi connectivity index (χ1v) is 14.3. The van der Waals surface area contributed by atoms with E-state index in [1.165, 1.54) is 48.1 Å². The van der Waals surface area contributed by atoms with Crippen LogP contribution in [0.5, 0.6) is 5.75 Å². The normalized spacial score (nSPS) is 15.8. The van der Waals surface area contributed by atoms with Crippen molar-refractivity contribution >= 4 is 33.2 Å². The Labute approximate surface area is 236 Å². The standard InChI is InChI=1S/C29H25ClN4O5S/c1-39-24-16-32-29(33-17-24)15-27(35)19-6-9-25(10-7-19)40(37,38)34-18-20-5-8-22(30)12-21(20)13-28(36)26(34)14-23-4-2-3-11-31-23/h2-12,16-17,26H,13-15,18H2,1H3/t26-/m1/s1. The summed E-state index contributed by atoms with van der Waals surface area (Å²) in [5.41, 5.74) is 2.32. The number of rotatable bonds is 8. The van der Waals surface area contributed by atoms with E-state index in [-0.39, 0.29) is 42.3 Å². The van der Waals surface area contributed by atoms with Gasteiger partial charge in [-0.25, -0.2) is 18.4 Å². The van der Waals surface area contributed by atoms with Crippen LogP contribution in [0.1, 0.15) is 33.0 Å². The maximum absolute atomic E-state index is 14.0. The Balaban J connectivity index is 1.44. The lowest BCUT2D eigenvalue weighted by atomic mass is 10.00. The van der Waals surface area contributed by atoms with Gasteiger partial charge in [0, 0.05) is 41.9 Å². The van der Waals surface area contributed by atoms with E-state index < -0.39 is 16.1 Å². The number of fused-ring (bicyclic) bond motifs is 1. The molecule has 0 bridgehead atoms. The largest absolute Gasteiger partial charge is 0.494 e. The molecule has 40 heavy (non-hydrogen) atoms. The highest BCUT2D eigenvalue weighted by molar-refractivity contribution is 7.89. The molecule has 2 aromatic heterocycles. The van der Waals surface area contributed by atoms with Gasteiger partial charge in [-0.15, -0.1) is 0 Å². The van der Waals surface area contributed by atoms with E-state index in [4.69, 9.17) is 16.3 Å². The fourth-order valence-corrected chi connectivity index (χ4v) is 6.36. The zero-order valence-electron chi connectivity index (χ0n) is 21.5. The summed E-state index contributed by atoms with van der Waals surface area (Å²) >= 11 is 6.18. The number of carbonyl (C=O) groups is 2. The van der Waals surface area contributed by atoms with E-state index >= 15 is 0 Å². The minimum Gasteiger partial charge on any atom is -0.494 e. The average molecular weight is 577 g/mol. The van der Waals surface area contributed by atoms with Gasteiger partial charge in [0.2, 0.25) is 10.0 Å². The smallest absolute Gasteiger partial charge is 0.244 e. The highest BCUT2D eigenvalue weighted by atomic mass is 35.5. The van der Waals surface area contributed by atoms with Crippen molar-refractivity contribution in [3.8, 4) is 5.75 Å². The third kappa shape index (κ3) is 5.94. The number of sulfonamides is 1. The molecule has 0 spiro atoms. The number of ether oxygens (including phenoxy) is 1. The topological polar surface area (TPSA) is 119 Å². The van der Waals surface area contributed by atoms with Crippen LogP contribution in [0.2, 0.25) is 5.02 Å². The van der Waals surface area contributed by atoms with Crippen LogP contribution in [0.4, 0.5) is 0 Å². The second-order valence-corrected chi connectivity index (χ2v) is 11.6. The Hall–Kier alpha value is -3.99. The molecular weight excluding hydrogens is 552 g/mol. The molecule has 3 heterocycles. The van der Waals surface area contributed by atoms with Gasteiger partial charge in [0.15, 0.2) is 17.3 Å². The predicted octanol–water partition coefficient (Wildman–Crippen LogP) is 3.89. The zero-order chi connectivity index (χ0) is 28.3. The van der Waals surface area contributed by atoms with Crippen LogP contribution in [0.3, 0.4) is 0 Å². The van der Waals surface area contributed by atoms with Crippen LogP contribution in [-0.4, -0.2) is 52.4 Å². The van der Waals surface area contributed by atoms with Crippen molar-refractivity contribution in [1.29, 1.82) is 0 Å². The summed E-state index contributed by atoms with van der Waals surface area (Å²) in [6, 6.07) is 15.2. The number of halogens is 1. The monoisotopic (exact) mass is 576 g/mol. The van der Waals surface area contributed by atoms with Gasteiger partial charge >= 0.3 is 0 Å². The summed E-state index contributed by atoms with van der Waals surface area (Å²) in [5, 5.41) is 0.476. The Morgan fingerprint density at radius 2 is 1.77 bits per heavy atom. The molecule has 204 valence electrons. The van der Waals surface area contributed by atoms with Gasteiger partial charge < -0.3 is 4.74 Å². The molecule has 1 atom stereocenters. The summed E-state index contributed by atoms with van der Waals surface area (Å²) in [6.45, 7) is -0.00638. The Morgan fingerprint density at radius 1 is 1.02 bits per heavy atom. The molecule has 0 fully saturated rings. The zero-order valence-corrected chi connectivity index (χ0v) is 23.1. The predicted molar refractivity (Wildman–Crippen MR) is 148 cm³/mol. The van der Waals surface area contributed by atoms with Crippen LogP contribution in [0.25, 0.3) is 0 Å². The molecule has 1 aliphatic heterocycles. The average Bonchev–Trinajstić information content (AvgIpc) is 3.10. The lowest BCUT2D eigenvalue weighted by Crippen LogP contribution is -2.45. The van der Waals surface area contributed by atoms with Gasteiger partial charge in [-0.1, -0.05) is 35.9 Å². The van der Waals surface area contributed by atoms with E-state index in [1.807, 2.05) is 0 Å². The fourth-order valence-electron chi connectivity index (χ4n) is 4.58. The third-order valence-corrected chi connectivity index (χ3v) is 8.83. The highest BCUT2D eigenvalue weighted by Crippen LogP contribution is 2.30. The van der Waals surface area contributed by atoms with E-state index in [2.05, 4.69) is 15.0 Å². The van der Waals surface area contributed by atoms with Crippen LogP contribution in [0.15, 0.2) is 84.1 Å². The first-order valence-electron chi connectivity index (χ1n) is 12.4. The molecule has 2 aromatic carbocycles. The molecule has 0 saturated carbocycles. The summed E-state index contributed by atoms with van der Waals surface area (Å²) in [7, 11) is -2.65. The summed E-state index contributed by atoms with van der Waals surface area (Å²) in [6.07, 6.45) is 4.68. The molecule has 9 nitrogen and oxygen atoms in total. The molecule has 11 heteroatoms. The van der Waals surface area contributed by atoms with Crippen molar-refractivity contribution in [2.75, 3.05) is 7.11 Å². The SMILES string of the molecule is COc1cnc(CC(=O)c2ccc(S(=O)(=O)N3Cc4ccc(Cl)cc4CC(=O)[C@H]3Cc3ccccn3)cc2)nc1. The van der Waals surface area contributed by atoms with Gasteiger partial charge in [-0.3, -0.25) is 14.6 Å². The second-order valence-electron chi connectivity index (χ2n) is 9.31. The summed E-state index contributed by atoms with van der Waals surface area (Å²) in [4.78, 5) is 38.8. The minimum absolute atomic E-state index is 0.00638. The van der Waals surface area contributed by atoms with Gasteiger partial charge in [-0.05, 0) is 47.5 Å². The van der Waals surface area contributed by atoms with E-state index in [0.29, 0.717) is 39.0 Å². The number of ketones is 2. The quantitative estimate of drug-likeness (QED) is 0.290. The molecule has 0 radical (unpaired) electrons. The molecule has 0 amide bonds. The summed E-state index contributed by atoms with van der Waals surface area (Å²) in [5.74, 6) is 0.283. The Kier molecular flexibility index (Phi) is 8.02. The van der Waals surface area contributed by atoms with Gasteiger partial charge in [0.25, 0.3) is 0 Å². The van der Waals surface area contributed by atoms with Gasteiger partial charge in [0.1, 0.15) is 5.82 Å². The van der Waals surface area contributed by atoms with Crippen LogP contribution >= 0.6 is 11.6 Å². The number of hydrogen-bond acceptors (Lipinski definition) is 8. The van der Waals surface area contributed by atoms with E-state index in [1.54, 1.807) is 42.6 Å². The first kappa shape index (κ1) is 27.6. The number of benzene rings is 2. The van der Waals surface area contributed by atoms with E-state index in [0.717, 1.165) is 0 Å². The van der Waals surface area contributed by atoms with Crippen molar-refractivity contribution in [2.45, 2.75) is 36.7 Å². The van der Waals surface area contributed by atoms with Crippen molar-refractivity contribution in [1.82, 2.24) is 19.3 Å². The molecule has 1 aliphatic rings. The van der Waals surface area contributed by atoms with Crippen LogP contribution in [0, 0.1) is 0 Å². The van der Waals surface area contributed by atoms with Crippen molar-refractivity contribution < 1.29 is 22.7 Å². The van der Waals surface area contributed by atoms with Crippen molar-refractivity contribution in [3.05, 3.63) is 112 Å². The Bertz CT molecular complexity index is 1650. The number of aromatic nitrogens is 3. The molecule has 0 aliphatic carbocycles. The van der Waals surface area contributed by atoms with Crippen molar-refractivity contribution in [2.24, 2.45) is 0 Å². The number of hydrogen-bond donors (Lipinski definition) is 0. The van der Waals surface area contributed by atoms with Gasteiger partial charge in [-0.2, -0.15) is 4.31 Å². The third-order valence-electron chi connectivity index (χ3n) is 6.73. The number of carbonyl (C=O) groups excluding carboxylic acids is 2.